The van der Waals surface area contributed by atoms with Crippen LogP contribution in [0.15, 0.2) is 42.5 Å². The molecular formula is C28H36F3N3O. The minimum atomic E-state index is -4.35. The molecule has 4 rings (SSSR count). The molecule has 2 saturated heterocycles. The summed E-state index contributed by atoms with van der Waals surface area (Å²) >= 11 is 0. The lowest BCUT2D eigenvalue weighted by Gasteiger charge is -2.40. The van der Waals surface area contributed by atoms with Gasteiger partial charge in [-0.25, -0.2) is 0 Å². The molecule has 2 heterocycles. The minimum absolute atomic E-state index is 0.115. The number of hydrogen-bond acceptors (Lipinski definition) is 3. The SMILES string of the molecule is Cc1cc(C(=O)NCCCN2CCC(N3CCCCC3)CC2)ccc1-c1ccc(C(F)(F)F)cc1. The molecule has 2 fully saturated rings. The summed E-state index contributed by atoms with van der Waals surface area (Å²) in [5.74, 6) is -0.115. The van der Waals surface area contributed by atoms with Crippen molar-refractivity contribution in [2.75, 3.05) is 39.3 Å². The summed E-state index contributed by atoms with van der Waals surface area (Å²) in [5.41, 5.74) is 2.28. The molecular weight excluding hydrogens is 451 g/mol. The molecule has 35 heavy (non-hydrogen) atoms. The number of piperidine rings is 2. The molecule has 7 heteroatoms. The van der Waals surface area contributed by atoms with Crippen LogP contribution in [-0.2, 0) is 6.18 Å². The zero-order valence-electron chi connectivity index (χ0n) is 20.5. The zero-order valence-corrected chi connectivity index (χ0v) is 20.5. The highest BCUT2D eigenvalue weighted by molar-refractivity contribution is 5.95. The lowest BCUT2D eigenvalue weighted by atomic mass is 9.97. The smallest absolute Gasteiger partial charge is 0.352 e. The largest absolute Gasteiger partial charge is 0.416 e. The fraction of sp³-hybridized carbons (Fsp3) is 0.536. The first kappa shape index (κ1) is 25.7. The Morgan fingerprint density at radius 3 is 2.29 bits per heavy atom. The van der Waals surface area contributed by atoms with Crippen molar-refractivity contribution in [1.82, 2.24) is 15.1 Å². The number of benzene rings is 2. The molecule has 2 aromatic carbocycles. The Labute approximate surface area is 206 Å². The van der Waals surface area contributed by atoms with Crippen molar-refractivity contribution >= 4 is 5.91 Å². The van der Waals surface area contributed by atoms with Crippen molar-refractivity contribution in [3.8, 4) is 11.1 Å². The summed E-state index contributed by atoms with van der Waals surface area (Å²) in [6.45, 7) is 8.31. The molecule has 1 N–H and O–H groups in total. The summed E-state index contributed by atoms with van der Waals surface area (Å²) in [6, 6.07) is 11.2. The molecule has 0 spiro atoms. The second-order valence-electron chi connectivity index (χ2n) is 9.88. The second-order valence-corrected chi connectivity index (χ2v) is 9.88. The topological polar surface area (TPSA) is 35.6 Å². The highest BCUT2D eigenvalue weighted by atomic mass is 19.4. The van der Waals surface area contributed by atoms with E-state index in [4.69, 9.17) is 0 Å². The van der Waals surface area contributed by atoms with Gasteiger partial charge in [-0.3, -0.25) is 4.79 Å². The number of amides is 1. The molecule has 0 atom stereocenters. The number of aryl methyl sites for hydroxylation is 1. The Bertz CT molecular complexity index is 976. The highest BCUT2D eigenvalue weighted by Crippen LogP contribution is 2.32. The quantitative estimate of drug-likeness (QED) is 0.505. The van der Waals surface area contributed by atoms with Gasteiger partial charge in [-0.2, -0.15) is 13.2 Å². The Balaban J connectivity index is 1.21. The normalized spacial score (nSPS) is 18.5. The summed E-state index contributed by atoms with van der Waals surface area (Å²) < 4.78 is 38.4. The van der Waals surface area contributed by atoms with Crippen molar-refractivity contribution in [2.45, 2.75) is 57.7 Å². The maximum atomic E-state index is 12.8. The number of rotatable bonds is 7. The molecule has 0 aromatic heterocycles. The molecule has 2 aromatic rings. The molecule has 0 radical (unpaired) electrons. The molecule has 1 amide bonds. The maximum absolute atomic E-state index is 12.8. The lowest BCUT2D eigenvalue weighted by Crippen LogP contribution is -2.47. The second kappa shape index (κ2) is 11.6. The number of carbonyl (C=O) groups is 1. The standard InChI is InChI=1S/C28H36F3N3O/c1-21-20-23(8-11-26(21)22-6-9-24(10-7-22)28(29,30)31)27(35)32-14-5-15-33-18-12-25(13-19-33)34-16-3-2-4-17-34/h6-11,20,25H,2-5,12-19H2,1H3,(H,32,35). The van der Waals surface area contributed by atoms with Gasteiger partial charge in [0.2, 0.25) is 0 Å². The third-order valence-electron chi connectivity index (χ3n) is 7.41. The first-order valence-corrected chi connectivity index (χ1v) is 12.8. The Morgan fingerprint density at radius 1 is 0.971 bits per heavy atom. The van der Waals surface area contributed by atoms with E-state index in [1.807, 2.05) is 6.92 Å². The van der Waals surface area contributed by atoms with Gasteiger partial charge in [0.15, 0.2) is 0 Å². The molecule has 0 unspecified atom stereocenters. The first-order chi connectivity index (χ1) is 16.8. The van der Waals surface area contributed by atoms with E-state index >= 15 is 0 Å². The van der Waals surface area contributed by atoms with Gasteiger partial charge in [-0.15, -0.1) is 0 Å². The van der Waals surface area contributed by atoms with Crippen LogP contribution < -0.4 is 5.32 Å². The van der Waals surface area contributed by atoms with Gasteiger partial charge in [0.1, 0.15) is 0 Å². The van der Waals surface area contributed by atoms with Crippen molar-refractivity contribution in [1.29, 1.82) is 0 Å². The van der Waals surface area contributed by atoms with Gasteiger partial charge >= 0.3 is 6.18 Å². The average Bonchev–Trinajstić information content (AvgIpc) is 2.87. The number of alkyl halides is 3. The number of nitrogens with one attached hydrogen (secondary N) is 1. The van der Waals surface area contributed by atoms with Gasteiger partial charge in [-0.05, 0) is 113 Å². The van der Waals surface area contributed by atoms with E-state index in [1.54, 1.807) is 18.2 Å². The van der Waals surface area contributed by atoms with E-state index < -0.39 is 11.7 Å². The number of nitrogens with zero attached hydrogens (tertiary/aromatic N) is 2. The molecule has 4 nitrogen and oxygen atoms in total. The summed E-state index contributed by atoms with van der Waals surface area (Å²) in [5, 5.41) is 3.01. The molecule has 2 aliphatic heterocycles. The van der Waals surface area contributed by atoms with E-state index in [0.717, 1.165) is 55.4 Å². The predicted molar refractivity (Wildman–Crippen MR) is 133 cm³/mol. The first-order valence-electron chi connectivity index (χ1n) is 12.8. The van der Waals surface area contributed by atoms with Crippen LogP contribution in [0.4, 0.5) is 13.2 Å². The van der Waals surface area contributed by atoms with Gasteiger partial charge in [0.05, 0.1) is 5.56 Å². The maximum Gasteiger partial charge on any atom is 0.416 e. The third-order valence-corrected chi connectivity index (χ3v) is 7.41. The average molecular weight is 488 g/mol. The van der Waals surface area contributed by atoms with Gasteiger partial charge in [-0.1, -0.05) is 24.6 Å². The van der Waals surface area contributed by atoms with Crippen LogP contribution in [0.2, 0.25) is 0 Å². The van der Waals surface area contributed by atoms with Crippen molar-refractivity contribution < 1.29 is 18.0 Å². The Morgan fingerprint density at radius 2 is 1.66 bits per heavy atom. The highest BCUT2D eigenvalue weighted by Gasteiger charge is 2.30. The van der Waals surface area contributed by atoms with Crippen molar-refractivity contribution in [3.63, 3.8) is 0 Å². The van der Waals surface area contributed by atoms with Gasteiger partial charge in [0, 0.05) is 18.2 Å². The Kier molecular flexibility index (Phi) is 8.50. The lowest BCUT2D eigenvalue weighted by molar-refractivity contribution is -0.137. The van der Waals surface area contributed by atoms with Crippen LogP contribution in [0.5, 0.6) is 0 Å². The zero-order chi connectivity index (χ0) is 24.8. The van der Waals surface area contributed by atoms with Crippen LogP contribution in [-0.4, -0.2) is 61.0 Å². The van der Waals surface area contributed by atoms with Crippen LogP contribution in [0.25, 0.3) is 11.1 Å². The summed E-state index contributed by atoms with van der Waals surface area (Å²) in [4.78, 5) is 17.8. The predicted octanol–water partition coefficient (Wildman–Crippen LogP) is 5.75. The fourth-order valence-electron chi connectivity index (χ4n) is 5.37. The van der Waals surface area contributed by atoms with Crippen LogP contribution in [0.3, 0.4) is 0 Å². The van der Waals surface area contributed by atoms with E-state index in [2.05, 4.69) is 15.1 Å². The molecule has 0 saturated carbocycles. The third kappa shape index (κ3) is 6.85. The monoisotopic (exact) mass is 487 g/mol. The molecule has 0 aliphatic carbocycles. The van der Waals surface area contributed by atoms with Crippen molar-refractivity contribution in [2.24, 2.45) is 0 Å². The van der Waals surface area contributed by atoms with Crippen molar-refractivity contribution in [3.05, 3.63) is 59.2 Å². The van der Waals surface area contributed by atoms with E-state index in [1.165, 1.54) is 57.3 Å². The minimum Gasteiger partial charge on any atom is -0.352 e. The van der Waals surface area contributed by atoms with E-state index in [9.17, 15) is 18.0 Å². The van der Waals surface area contributed by atoms with Gasteiger partial charge < -0.3 is 15.1 Å². The van der Waals surface area contributed by atoms with Crippen LogP contribution >= 0.6 is 0 Å². The number of carbonyl (C=O) groups excluding carboxylic acids is 1. The van der Waals surface area contributed by atoms with E-state index in [-0.39, 0.29) is 5.91 Å². The van der Waals surface area contributed by atoms with Crippen LogP contribution in [0.1, 0.15) is 60.0 Å². The van der Waals surface area contributed by atoms with Crippen LogP contribution in [0, 0.1) is 6.92 Å². The fourth-order valence-corrected chi connectivity index (χ4v) is 5.37. The number of likely N-dealkylation sites (tertiary alicyclic amines) is 2. The van der Waals surface area contributed by atoms with Gasteiger partial charge in [0.25, 0.3) is 5.91 Å². The number of hydrogen-bond donors (Lipinski definition) is 1. The summed E-state index contributed by atoms with van der Waals surface area (Å²) in [7, 11) is 0. The molecule has 2 aliphatic rings. The number of halogens is 3. The molecule has 190 valence electrons. The van der Waals surface area contributed by atoms with E-state index in [0.29, 0.717) is 17.7 Å². The summed E-state index contributed by atoms with van der Waals surface area (Å²) in [6.07, 6.45) is 3.13. The Hall–Kier alpha value is -2.38. The molecule has 0 bridgehead atoms.